The Labute approximate surface area is 238 Å². The van der Waals surface area contributed by atoms with E-state index < -0.39 is 24.1 Å². The molecule has 220 valence electrons. The largest absolute Gasteiger partial charge is 0.504 e. The van der Waals surface area contributed by atoms with Crippen LogP contribution in [0.25, 0.3) is 0 Å². The van der Waals surface area contributed by atoms with Crippen LogP contribution in [0, 0.1) is 11.3 Å². The Balaban J connectivity index is 0.000000262. The number of likely N-dealkylation sites (tertiary alicyclic amines) is 1. The third kappa shape index (κ3) is 4.31. The number of carboxylic acid groups (broad SMARTS) is 2. The Kier molecular flexibility index (Phi) is 7.01. The minimum absolute atomic E-state index is 0.0207. The maximum absolute atomic E-state index is 10.7. The Morgan fingerprint density at radius 3 is 2.39 bits per heavy atom. The van der Waals surface area contributed by atoms with E-state index >= 15 is 0 Å². The SMILES string of the molecule is CN1CCC23c4c5ccc(O)c4OC2[C@H]2OC[C@@]2(CCCc2ccccc2)CC3C1C5.O=C(O)C(O)C(O)C(=O)O. The van der Waals surface area contributed by atoms with Gasteiger partial charge in [0.1, 0.15) is 12.2 Å². The zero-order valence-electron chi connectivity index (χ0n) is 23.0. The summed E-state index contributed by atoms with van der Waals surface area (Å²) in [6.07, 6.45) is 2.62. The van der Waals surface area contributed by atoms with Gasteiger partial charge in [-0.2, -0.15) is 0 Å². The molecular weight excluding hydrogens is 530 g/mol. The third-order valence-corrected chi connectivity index (χ3v) is 10.3. The van der Waals surface area contributed by atoms with E-state index in [-0.39, 0.29) is 23.0 Å². The van der Waals surface area contributed by atoms with E-state index in [0.29, 0.717) is 17.7 Å². The molecule has 1 spiro atoms. The summed E-state index contributed by atoms with van der Waals surface area (Å²) >= 11 is 0. The van der Waals surface area contributed by atoms with Crippen LogP contribution in [0.3, 0.4) is 0 Å². The maximum atomic E-state index is 10.7. The van der Waals surface area contributed by atoms with Crippen molar-refractivity contribution in [2.75, 3.05) is 20.2 Å². The third-order valence-electron chi connectivity index (χ3n) is 10.3. The van der Waals surface area contributed by atoms with Gasteiger partial charge in [-0.15, -0.1) is 0 Å². The van der Waals surface area contributed by atoms with Gasteiger partial charge in [0.15, 0.2) is 23.7 Å². The molecule has 10 heteroatoms. The van der Waals surface area contributed by atoms with E-state index in [1.54, 1.807) is 0 Å². The number of phenols is 1. The van der Waals surface area contributed by atoms with Gasteiger partial charge in [0.05, 0.1) is 6.61 Å². The van der Waals surface area contributed by atoms with Crippen molar-refractivity contribution < 1.29 is 44.6 Å². The fourth-order valence-corrected chi connectivity index (χ4v) is 8.30. The van der Waals surface area contributed by atoms with Crippen LogP contribution in [0.4, 0.5) is 0 Å². The number of hydrogen-bond donors (Lipinski definition) is 5. The molecule has 5 aliphatic rings. The molecule has 2 bridgehead atoms. The van der Waals surface area contributed by atoms with E-state index in [4.69, 9.17) is 29.9 Å². The monoisotopic (exact) mass is 567 g/mol. The van der Waals surface area contributed by atoms with Crippen LogP contribution in [0.5, 0.6) is 11.5 Å². The van der Waals surface area contributed by atoms with Crippen molar-refractivity contribution in [1.82, 2.24) is 4.90 Å². The number of piperidine rings is 1. The summed E-state index contributed by atoms with van der Waals surface area (Å²) in [5, 5.41) is 43.2. The van der Waals surface area contributed by atoms with Crippen molar-refractivity contribution in [3.05, 3.63) is 59.2 Å². The number of aliphatic hydroxyl groups is 2. The first-order valence-corrected chi connectivity index (χ1v) is 14.3. The van der Waals surface area contributed by atoms with Gasteiger partial charge < -0.3 is 39.9 Å². The van der Waals surface area contributed by atoms with Crippen LogP contribution in [-0.2, 0) is 32.6 Å². The minimum atomic E-state index is -2.27. The summed E-state index contributed by atoms with van der Waals surface area (Å²) in [6, 6.07) is 15.4. The molecule has 5 N–H and O–H groups in total. The number of likely N-dealkylation sites (N-methyl/N-ethyl adjacent to an activating group) is 1. The molecule has 0 aromatic heterocycles. The predicted molar refractivity (Wildman–Crippen MR) is 146 cm³/mol. The summed E-state index contributed by atoms with van der Waals surface area (Å²) in [7, 11) is 2.31. The zero-order valence-corrected chi connectivity index (χ0v) is 23.0. The van der Waals surface area contributed by atoms with Crippen molar-refractivity contribution in [2.45, 2.75) is 74.4 Å². The van der Waals surface area contributed by atoms with Crippen LogP contribution in [0.15, 0.2) is 42.5 Å². The molecule has 41 heavy (non-hydrogen) atoms. The van der Waals surface area contributed by atoms with E-state index in [2.05, 4.69) is 48.3 Å². The smallest absolute Gasteiger partial charge is 0.335 e. The number of aliphatic hydroxyl groups excluding tert-OH is 2. The summed E-state index contributed by atoms with van der Waals surface area (Å²) in [4.78, 5) is 22.1. The van der Waals surface area contributed by atoms with Gasteiger partial charge in [-0.3, -0.25) is 0 Å². The van der Waals surface area contributed by atoms with Gasteiger partial charge in [0, 0.05) is 22.4 Å². The van der Waals surface area contributed by atoms with Crippen molar-refractivity contribution in [3.8, 4) is 11.5 Å². The zero-order chi connectivity index (χ0) is 29.1. The molecule has 2 aromatic rings. The highest BCUT2D eigenvalue weighted by molar-refractivity contribution is 5.83. The topological polar surface area (TPSA) is 157 Å². The van der Waals surface area contributed by atoms with Crippen LogP contribution in [-0.4, -0.2) is 93.0 Å². The highest BCUT2D eigenvalue weighted by Crippen LogP contribution is 2.69. The number of benzene rings is 2. The number of carbonyl (C=O) groups is 2. The Hall–Kier alpha value is -3.18. The molecule has 2 saturated heterocycles. The molecule has 3 heterocycles. The van der Waals surface area contributed by atoms with Crippen molar-refractivity contribution in [1.29, 1.82) is 0 Å². The molecule has 3 fully saturated rings. The van der Waals surface area contributed by atoms with E-state index in [1.807, 2.05) is 6.07 Å². The van der Waals surface area contributed by atoms with E-state index in [9.17, 15) is 14.7 Å². The van der Waals surface area contributed by atoms with Gasteiger partial charge in [-0.05, 0) is 75.2 Å². The van der Waals surface area contributed by atoms with Crippen molar-refractivity contribution in [3.63, 3.8) is 0 Å². The number of nitrogens with zero attached hydrogens (tertiary/aromatic N) is 1. The molecule has 2 aliphatic carbocycles. The molecule has 10 nitrogen and oxygen atoms in total. The standard InChI is InChI=1S/C27H31NO3.C4H6O6/c1-28-13-12-27-19-15-26(11-5-8-17-6-3-2-4-7-17)16-30-24(26)25(27)31-23-21(29)10-9-18(22(23)27)14-20(19)28;5-1(3(7)8)2(6)4(9)10/h2-4,6-7,9-10,19-20,24-25,29H,5,8,11-16H2,1H3;1-2,5-6H,(H,7,8)(H,9,10)/t19?,20?,24-,25?,26-,27?;/m1./s1. The van der Waals surface area contributed by atoms with Gasteiger partial charge in [0.25, 0.3) is 0 Å². The van der Waals surface area contributed by atoms with Gasteiger partial charge in [-0.25, -0.2) is 9.59 Å². The van der Waals surface area contributed by atoms with Crippen LogP contribution < -0.4 is 4.74 Å². The summed E-state index contributed by atoms with van der Waals surface area (Å²) in [5.41, 5.74) is 4.39. The lowest BCUT2D eigenvalue weighted by Crippen LogP contribution is -2.74. The first-order valence-electron chi connectivity index (χ1n) is 14.3. The highest BCUT2D eigenvalue weighted by Gasteiger charge is 2.73. The lowest BCUT2D eigenvalue weighted by atomic mass is 9.45. The Bertz CT molecular complexity index is 1320. The molecule has 1 saturated carbocycles. The summed E-state index contributed by atoms with van der Waals surface area (Å²) in [6.45, 7) is 1.97. The van der Waals surface area contributed by atoms with Crippen molar-refractivity contribution in [2.24, 2.45) is 11.3 Å². The van der Waals surface area contributed by atoms with E-state index in [1.165, 1.54) is 36.0 Å². The van der Waals surface area contributed by atoms with Crippen molar-refractivity contribution >= 4 is 11.9 Å². The fraction of sp³-hybridized carbons (Fsp3) is 0.548. The number of aromatic hydroxyl groups is 1. The van der Waals surface area contributed by atoms with Gasteiger partial charge in [-0.1, -0.05) is 36.4 Å². The van der Waals surface area contributed by atoms with Crippen LogP contribution in [0.2, 0.25) is 0 Å². The second kappa shape index (κ2) is 10.3. The van der Waals surface area contributed by atoms with Gasteiger partial charge in [0.2, 0.25) is 0 Å². The molecule has 0 amide bonds. The second-order valence-electron chi connectivity index (χ2n) is 12.3. The van der Waals surface area contributed by atoms with Crippen LogP contribution >= 0.6 is 0 Å². The number of rotatable bonds is 7. The number of ether oxygens (including phenoxy) is 2. The number of phenolic OH excluding ortho intramolecular Hbond substituents is 1. The quantitative estimate of drug-likeness (QED) is 0.335. The fourth-order valence-electron chi connectivity index (χ4n) is 8.30. The predicted octanol–water partition coefficient (Wildman–Crippen LogP) is 1.96. The molecule has 8 atom stereocenters. The number of hydrogen-bond acceptors (Lipinski definition) is 8. The summed E-state index contributed by atoms with van der Waals surface area (Å²) < 4.78 is 13.0. The molecule has 2 aromatic carbocycles. The number of carboxylic acids is 2. The van der Waals surface area contributed by atoms with E-state index in [0.717, 1.165) is 38.2 Å². The molecule has 0 radical (unpaired) electrons. The van der Waals surface area contributed by atoms with Crippen LogP contribution in [0.1, 0.15) is 42.4 Å². The maximum Gasteiger partial charge on any atom is 0.335 e. The first kappa shape index (κ1) is 28.0. The second-order valence-corrected chi connectivity index (χ2v) is 12.3. The normalized spacial score (nSPS) is 33.5. The molecule has 7 rings (SSSR count). The molecule has 3 aliphatic heterocycles. The Morgan fingerprint density at radius 2 is 1.76 bits per heavy atom. The lowest BCUT2D eigenvalue weighted by Gasteiger charge is -2.66. The lowest BCUT2D eigenvalue weighted by molar-refractivity contribution is -0.279. The highest BCUT2D eigenvalue weighted by atomic mass is 16.6. The summed E-state index contributed by atoms with van der Waals surface area (Å²) in [5.74, 6) is -1.87. The minimum Gasteiger partial charge on any atom is -0.504 e. The van der Waals surface area contributed by atoms with Gasteiger partial charge >= 0.3 is 11.9 Å². The average molecular weight is 568 g/mol. The average Bonchev–Trinajstić information content (AvgIpc) is 3.28. The number of fused-ring (bicyclic) bond motifs is 2. The molecule has 6 unspecified atom stereocenters. The number of aryl methyl sites for hydroxylation is 1. The molecular formula is C31H37NO9. The Morgan fingerprint density at radius 1 is 1.05 bits per heavy atom. The first-order chi connectivity index (χ1) is 19.6. The number of aliphatic carboxylic acids is 2.